The van der Waals surface area contributed by atoms with Gasteiger partial charge in [-0.05, 0) is 74.1 Å². The topological polar surface area (TPSA) is 110 Å². The third-order valence-corrected chi connectivity index (χ3v) is 9.93. The van der Waals surface area contributed by atoms with Gasteiger partial charge in [0.25, 0.3) is 17.0 Å². The molecular formula is C45H38FN3O5. The first-order valence-corrected chi connectivity index (χ1v) is 17.9. The molecule has 9 heteroatoms. The zero-order valence-corrected chi connectivity index (χ0v) is 29.8. The number of para-hydroxylation sites is 2. The van der Waals surface area contributed by atoms with E-state index in [9.17, 15) is 28.7 Å². The second-order valence-corrected chi connectivity index (χ2v) is 13.3. The fraction of sp³-hybridized carbons (Fsp3) is 0.156. The lowest BCUT2D eigenvalue weighted by Gasteiger charge is -2.22. The number of pyridine rings is 2. The first kappa shape index (κ1) is 35.8. The van der Waals surface area contributed by atoms with Crippen LogP contribution in [0.2, 0.25) is 0 Å². The van der Waals surface area contributed by atoms with E-state index in [0.717, 1.165) is 18.4 Å². The van der Waals surface area contributed by atoms with Gasteiger partial charge < -0.3 is 10.4 Å². The Kier molecular flexibility index (Phi) is 10.0. The fourth-order valence-corrected chi connectivity index (χ4v) is 7.29. The van der Waals surface area contributed by atoms with Crippen LogP contribution in [0.15, 0.2) is 143 Å². The predicted octanol–water partition coefficient (Wildman–Crippen LogP) is 8.57. The number of nitrogens with one attached hydrogen (secondary N) is 1. The third kappa shape index (κ3) is 6.72. The second-order valence-electron chi connectivity index (χ2n) is 13.3. The van der Waals surface area contributed by atoms with E-state index in [4.69, 9.17) is 0 Å². The highest BCUT2D eigenvalue weighted by atomic mass is 19.1. The zero-order valence-electron chi connectivity index (χ0n) is 29.8. The standard InChI is InChI=1S/C27H23FN2O2.C18H15NO3/c1-17-23(26(31)29-25(19-15-16-19)18-9-4-2-5-10-18)21-13-8-14-22(28)24(21)27(32)30(17)20-11-6-3-7-12-20;1-2-15-16(18(21)22)13-10-6-7-11-14(13)17(20)19(15)12-8-4-3-5-9-12/h2-14,19,25H,15-16H2,1H3,(H,29,31);3-11H,2H2,1H3,(H,21,22)/t25-;/m1./s1. The smallest absolute Gasteiger partial charge is 0.338 e. The van der Waals surface area contributed by atoms with Crippen LogP contribution in [0.3, 0.4) is 0 Å². The highest BCUT2D eigenvalue weighted by molar-refractivity contribution is 6.08. The molecule has 54 heavy (non-hydrogen) atoms. The maximum absolute atomic E-state index is 14.8. The molecule has 8 rings (SSSR count). The van der Waals surface area contributed by atoms with Gasteiger partial charge in [-0.15, -0.1) is 0 Å². The summed E-state index contributed by atoms with van der Waals surface area (Å²) in [5.41, 5.74) is 3.18. The molecule has 5 aromatic carbocycles. The van der Waals surface area contributed by atoms with Crippen molar-refractivity contribution in [1.29, 1.82) is 0 Å². The van der Waals surface area contributed by atoms with Crippen molar-refractivity contribution in [2.45, 2.75) is 39.2 Å². The van der Waals surface area contributed by atoms with Gasteiger partial charge in [-0.3, -0.25) is 23.5 Å². The minimum atomic E-state index is -1.02. The van der Waals surface area contributed by atoms with Crippen LogP contribution in [0.25, 0.3) is 32.9 Å². The predicted molar refractivity (Wildman–Crippen MR) is 209 cm³/mol. The van der Waals surface area contributed by atoms with E-state index in [1.54, 1.807) is 61.5 Å². The van der Waals surface area contributed by atoms with Crippen molar-refractivity contribution in [2.24, 2.45) is 5.92 Å². The molecule has 0 saturated heterocycles. The number of carboxylic acid groups (broad SMARTS) is 1. The Morgan fingerprint density at radius 2 is 1.24 bits per heavy atom. The zero-order chi connectivity index (χ0) is 37.9. The second kappa shape index (κ2) is 15.2. The van der Waals surface area contributed by atoms with Crippen LogP contribution in [0, 0.1) is 18.7 Å². The van der Waals surface area contributed by atoms with Crippen LogP contribution in [0.4, 0.5) is 4.39 Å². The van der Waals surface area contributed by atoms with Crippen LogP contribution in [0.5, 0.6) is 0 Å². The average molecular weight is 720 g/mol. The number of carbonyl (C=O) groups excluding carboxylic acids is 1. The fourth-order valence-electron chi connectivity index (χ4n) is 7.29. The van der Waals surface area contributed by atoms with Gasteiger partial charge in [-0.2, -0.15) is 0 Å². The average Bonchev–Trinajstić information content (AvgIpc) is 4.04. The van der Waals surface area contributed by atoms with Crippen molar-refractivity contribution in [1.82, 2.24) is 14.5 Å². The van der Waals surface area contributed by atoms with Crippen molar-refractivity contribution < 1.29 is 19.1 Å². The van der Waals surface area contributed by atoms with Crippen molar-refractivity contribution in [3.05, 3.63) is 188 Å². The first-order chi connectivity index (χ1) is 26.2. The number of fused-ring (bicyclic) bond motifs is 2. The summed E-state index contributed by atoms with van der Waals surface area (Å²) in [5, 5.41) is 14.0. The molecule has 1 fully saturated rings. The van der Waals surface area contributed by atoms with E-state index in [1.807, 2.05) is 73.7 Å². The number of aromatic carboxylic acids is 1. The van der Waals surface area contributed by atoms with E-state index >= 15 is 0 Å². The Hall–Kier alpha value is -6.61. The van der Waals surface area contributed by atoms with Gasteiger partial charge in [0.15, 0.2) is 0 Å². The van der Waals surface area contributed by atoms with E-state index in [2.05, 4.69) is 5.32 Å². The summed E-state index contributed by atoms with van der Waals surface area (Å²) in [7, 11) is 0. The number of hydrogen-bond donors (Lipinski definition) is 2. The molecule has 7 aromatic rings. The van der Waals surface area contributed by atoms with Crippen LogP contribution in [0.1, 0.15) is 63.5 Å². The summed E-state index contributed by atoms with van der Waals surface area (Å²) < 4.78 is 17.8. The van der Waals surface area contributed by atoms with Gasteiger partial charge in [0, 0.05) is 38.9 Å². The molecule has 1 aliphatic rings. The van der Waals surface area contributed by atoms with Gasteiger partial charge in [0.2, 0.25) is 0 Å². The lowest BCUT2D eigenvalue weighted by Crippen LogP contribution is -2.33. The summed E-state index contributed by atoms with van der Waals surface area (Å²) in [6, 6.07) is 39.2. The van der Waals surface area contributed by atoms with E-state index in [1.165, 1.54) is 21.3 Å². The van der Waals surface area contributed by atoms with E-state index < -0.39 is 17.3 Å². The molecule has 270 valence electrons. The van der Waals surface area contributed by atoms with Crippen molar-refractivity contribution >= 4 is 33.4 Å². The Bertz CT molecular complexity index is 2630. The van der Waals surface area contributed by atoms with Gasteiger partial charge in [-0.1, -0.05) is 104 Å². The number of rotatable bonds is 8. The summed E-state index contributed by atoms with van der Waals surface area (Å²) >= 11 is 0. The molecule has 0 aliphatic heterocycles. The largest absolute Gasteiger partial charge is 0.478 e. The molecule has 0 bridgehead atoms. The first-order valence-electron chi connectivity index (χ1n) is 17.9. The van der Waals surface area contributed by atoms with Gasteiger partial charge in [-0.25, -0.2) is 9.18 Å². The number of carbonyl (C=O) groups is 2. The molecule has 0 radical (unpaired) electrons. The molecule has 1 amide bonds. The molecule has 0 unspecified atom stereocenters. The lowest BCUT2D eigenvalue weighted by atomic mass is 9.99. The molecular weight excluding hydrogens is 682 g/mol. The van der Waals surface area contributed by atoms with Crippen LogP contribution < -0.4 is 16.4 Å². The molecule has 1 aliphatic carbocycles. The van der Waals surface area contributed by atoms with Crippen molar-refractivity contribution in [3.63, 3.8) is 0 Å². The molecule has 2 aromatic heterocycles. The maximum Gasteiger partial charge on any atom is 0.338 e. The Morgan fingerprint density at radius 3 is 1.81 bits per heavy atom. The SMILES string of the molecule is CCc1c(C(=O)O)c2ccccc2c(=O)n1-c1ccccc1.Cc1c(C(=O)N[C@H](c2ccccc2)C2CC2)c2cccc(F)c2c(=O)n1-c1ccccc1. The molecule has 8 nitrogen and oxygen atoms in total. The Balaban J connectivity index is 0.000000179. The summed E-state index contributed by atoms with van der Waals surface area (Å²) in [6.45, 7) is 3.59. The Morgan fingerprint density at radius 1 is 0.704 bits per heavy atom. The van der Waals surface area contributed by atoms with E-state index in [-0.39, 0.29) is 28.5 Å². The van der Waals surface area contributed by atoms with Crippen LogP contribution in [-0.4, -0.2) is 26.1 Å². The third-order valence-electron chi connectivity index (χ3n) is 9.93. The number of hydrogen-bond acceptors (Lipinski definition) is 4. The molecule has 2 N–H and O–H groups in total. The lowest BCUT2D eigenvalue weighted by molar-refractivity contribution is 0.0696. The molecule has 1 saturated carbocycles. The minimum absolute atomic E-state index is 0.0743. The summed E-state index contributed by atoms with van der Waals surface area (Å²) in [5.74, 6) is -1.57. The van der Waals surface area contributed by atoms with Gasteiger partial charge in [0.05, 0.1) is 22.6 Å². The number of carboxylic acids is 1. The minimum Gasteiger partial charge on any atom is -0.478 e. The number of nitrogens with zero attached hydrogens (tertiary/aromatic N) is 2. The van der Waals surface area contributed by atoms with Crippen molar-refractivity contribution in [2.75, 3.05) is 0 Å². The van der Waals surface area contributed by atoms with Gasteiger partial charge in [0.1, 0.15) is 5.82 Å². The monoisotopic (exact) mass is 719 g/mol. The molecule has 0 spiro atoms. The number of benzene rings is 5. The number of amides is 1. The van der Waals surface area contributed by atoms with Crippen LogP contribution in [-0.2, 0) is 6.42 Å². The molecule has 1 atom stereocenters. The van der Waals surface area contributed by atoms with E-state index in [0.29, 0.717) is 56.8 Å². The maximum atomic E-state index is 14.8. The number of aromatic nitrogens is 2. The molecule has 2 heterocycles. The van der Waals surface area contributed by atoms with Gasteiger partial charge >= 0.3 is 5.97 Å². The highest BCUT2D eigenvalue weighted by Gasteiger charge is 2.34. The number of halogens is 1. The van der Waals surface area contributed by atoms with Crippen LogP contribution >= 0.6 is 0 Å². The summed E-state index contributed by atoms with van der Waals surface area (Å²) in [6.07, 6.45) is 2.56. The quantitative estimate of drug-likeness (QED) is 0.164. The highest BCUT2D eigenvalue weighted by Crippen LogP contribution is 2.41. The van der Waals surface area contributed by atoms with Crippen molar-refractivity contribution in [3.8, 4) is 11.4 Å². The summed E-state index contributed by atoms with van der Waals surface area (Å²) in [4.78, 5) is 51.6. The normalized spacial score (nSPS) is 12.9. The Labute approximate surface area is 310 Å².